The van der Waals surface area contributed by atoms with Gasteiger partial charge in [-0.3, -0.25) is 4.98 Å². The molecule has 2 rings (SSSR count). The first-order valence-corrected chi connectivity index (χ1v) is 6.64. The molecule has 1 aromatic rings. The van der Waals surface area contributed by atoms with E-state index in [0.717, 1.165) is 18.7 Å². The number of aryl methyl sites for hydroxylation is 1. The third kappa shape index (κ3) is 3.09. The van der Waals surface area contributed by atoms with Crippen molar-refractivity contribution in [2.75, 3.05) is 0 Å². The van der Waals surface area contributed by atoms with Crippen LogP contribution in [0.5, 0.6) is 0 Å². The van der Waals surface area contributed by atoms with Gasteiger partial charge in [-0.2, -0.15) is 0 Å². The molecule has 3 heteroatoms. The van der Waals surface area contributed by atoms with Gasteiger partial charge in [0.05, 0.1) is 11.2 Å². The first-order valence-electron chi connectivity index (χ1n) is 6.64. The average molecular weight is 248 g/mol. The lowest BCUT2D eigenvalue weighted by atomic mass is 9.94. The summed E-state index contributed by atoms with van der Waals surface area (Å²) in [7, 11) is 0. The second-order valence-electron chi connectivity index (χ2n) is 6.41. The highest BCUT2D eigenvalue weighted by Gasteiger charge is 2.45. The van der Waals surface area contributed by atoms with E-state index in [-0.39, 0.29) is 11.2 Å². The number of rotatable bonds is 3. The minimum Gasteiger partial charge on any atom is -0.368 e. The molecule has 1 unspecified atom stereocenters. The second-order valence-corrected chi connectivity index (χ2v) is 6.41. The summed E-state index contributed by atoms with van der Waals surface area (Å²) in [6, 6.07) is 4.56. The molecular formula is C15H24N2O. The van der Waals surface area contributed by atoms with Gasteiger partial charge in [0.25, 0.3) is 0 Å². The molecule has 100 valence electrons. The summed E-state index contributed by atoms with van der Waals surface area (Å²) < 4.78 is 6.08. The van der Waals surface area contributed by atoms with Gasteiger partial charge in [-0.1, -0.05) is 6.07 Å². The number of ether oxygens (including phenoxy) is 1. The Morgan fingerprint density at radius 1 is 1.33 bits per heavy atom. The van der Waals surface area contributed by atoms with E-state index in [4.69, 9.17) is 4.74 Å². The molecule has 0 aromatic carbocycles. The zero-order chi connectivity index (χ0) is 13.4. The van der Waals surface area contributed by atoms with E-state index in [1.54, 1.807) is 0 Å². The molecule has 1 atom stereocenters. The highest BCUT2D eigenvalue weighted by atomic mass is 16.5. The molecular weight excluding hydrogens is 224 g/mol. The van der Waals surface area contributed by atoms with E-state index in [9.17, 15) is 0 Å². The van der Waals surface area contributed by atoms with Crippen molar-refractivity contribution >= 4 is 0 Å². The van der Waals surface area contributed by atoms with Crippen LogP contribution in [0.15, 0.2) is 18.3 Å². The number of aromatic nitrogens is 1. The van der Waals surface area contributed by atoms with E-state index in [1.807, 2.05) is 13.1 Å². The molecule has 1 saturated heterocycles. The molecule has 1 fully saturated rings. The van der Waals surface area contributed by atoms with Crippen molar-refractivity contribution in [1.29, 1.82) is 0 Å². The Hall–Kier alpha value is -0.930. The highest BCUT2D eigenvalue weighted by molar-refractivity contribution is 5.13. The van der Waals surface area contributed by atoms with Gasteiger partial charge >= 0.3 is 0 Å². The van der Waals surface area contributed by atoms with Crippen molar-refractivity contribution in [1.82, 2.24) is 10.3 Å². The standard InChI is InChI=1S/C15H24N2O/c1-11-6-7-12(9-16-11)10-17-13-8-14(2,3)18-15(13,4)5/h6-7,9,13,17H,8,10H2,1-5H3. The summed E-state index contributed by atoms with van der Waals surface area (Å²) in [5, 5.41) is 3.60. The smallest absolute Gasteiger partial charge is 0.0787 e. The highest BCUT2D eigenvalue weighted by Crippen LogP contribution is 2.37. The Bertz CT molecular complexity index is 409. The molecule has 0 saturated carbocycles. The lowest BCUT2D eigenvalue weighted by Crippen LogP contribution is -2.42. The van der Waals surface area contributed by atoms with Crippen LogP contribution in [0.25, 0.3) is 0 Å². The Labute approximate surface area is 110 Å². The maximum Gasteiger partial charge on any atom is 0.0787 e. The van der Waals surface area contributed by atoms with Gasteiger partial charge in [0.1, 0.15) is 0 Å². The second kappa shape index (κ2) is 4.63. The molecule has 1 aliphatic rings. The Morgan fingerprint density at radius 2 is 2.06 bits per heavy atom. The summed E-state index contributed by atoms with van der Waals surface area (Å²) >= 11 is 0. The summed E-state index contributed by atoms with van der Waals surface area (Å²) in [5.74, 6) is 0. The maximum absolute atomic E-state index is 6.08. The molecule has 0 bridgehead atoms. The summed E-state index contributed by atoms with van der Waals surface area (Å²) in [6.07, 6.45) is 2.98. The van der Waals surface area contributed by atoms with Crippen molar-refractivity contribution in [2.45, 2.75) is 64.8 Å². The number of hydrogen-bond donors (Lipinski definition) is 1. The van der Waals surface area contributed by atoms with Crippen LogP contribution >= 0.6 is 0 Å². The van der Waals surface area contributed by atoms with E-state index in [0.29, 0.717) is 6.04 Å². The van der Waals surface area contributed by atoms with Crippen molar-refractivity contribution in [2.24, 2.45) is 0 Å². The Balaban J connectivity index is 1.96. The summed E-state index contributed by atoms with van der Waals surface area (Å²) in [6.45, 7) is 11.5. The predicted molar refractivity (Wildman–Crippen MR) is 73.5 cm³/mol. The Morgan fingerprint density at radius 3 is 2.56 bits per heavy atom. The molecule has 18 heavy (non-hydrogen) atoms. The predicted octanol–water partition coefficient (Wildman–Crippen LogP) is 2.83. The fraction of sp³-hybridized carbons (Fsp3) is 0.667. The zero-order valence-electron chi connectivity index (χ0n) is 12.1. The molecule has 1 aromatic heterocycles. The zero-order valence-corrected chi connectivity index (χ0v) is 12.1. The lowest BCUT2D eigenvalue weighted by molar-refractivity contribution is -0.0699. The molecule has 0 spiro atoms. The monoisotopic (exact) mass is 248 g/mol. The van der Waals surface area contributed by atoms with Crippen LogP contribution in [0, 0.1) is 6.92 Å². The van der Waals surface area contributed by atoms with Crippen LogP contribution < -0.4 is 5.32 Å². The number of pyridine rings is 1. The molecule has 1 N–H and O–H groups in total. The topological polar surface area (TPSA) is 34.1 Å². The summed E-state index contributed by atoms with van der Waals surface area (Å²) in [5.41, 5.74) is 2.14. The Kier molecular flexibility index (Phi) is 3.47. The van der Waals surface area contributed by atoms with Crippen LogP contribution in [0.1, 0.15) is 45.4 Å². The van der Waals surface area contributed by atoms with Gasteiger partial charge in [-0.15, -0.1) is 0 Å². The van der Waals surface area contributed by atoms with Gasteiger partial charge in [-0.25, -0.2) is 0 Å². The van der Waals surface area contributed by atoms with Gasteiger partial charge < -0.3 is 10.1 Å². The van der Waals surface area contributed by atoms with Crippen LogP contribution in [0.2, 0.25) is 0 Å². The lowest BCUT2D eigenvalue weighted by Gasteiger charge is -2.27. The molecule has 0 radical (unpaired) electrons. The molecule has 1 aliphatic heterocycles. The first-order chi connectivity index (χ1) is 8.28. The molecule has 2 heterocycles. The van der Waals surface area contributed by atoms with Crippen LogP contribution in [-0.2, 0) is 11.3 Å². The SMILES string of the molecule is Cc1ccc(CNC2CC(C)(C)OC2(C)C)cn1. The minimum atomic E-state index is -0.109. The number of nitrogens with one attached hydrogen (secondary N) is 1. The van der Waals surface area contributed by atoms with Crippen molar-refractivity contribution in [3.05, 3.63) is 29.6 Å². The minimum absolute atomic E-state index is 0.0350. The number of nitrogens with zero attached hydrogens (tertiary/aromatic N) is 1. The number of hydrogen-bond acceptors (Lipinski definition) is 3. The van der Waals surface area contributed by atoms with E-state index in [1.165, 1.54) is 5.56 Å². The van der Waals surface area contributed by atoms with Crippen molar-refractivity contribution in [3.8, 4) is 0 Å². The maximum atomic E-state index is 6.08. The van der Waals surface area contributed by atoms with Gasteiger partial charge in [0.15, 0.2) is 0 Å². The van der Waals surface area contributed by atoms with E-state index >= 15 is 0 Å². The third-order valence-corrected chi connectivity index (χ3v) is 3.60. The van der Waals surface area contributed by atoms with E-state index in [2.05, 4.69) is 50.1 Å². The van der Waals surface area contributed by atoms with Crippen molar-refractivity contribution in [3.63, 3.8) is 0 Å². The average Bonchev–Trinajstić information content (AvgIpc) is 2.45. The van der Waals surface area contributed by atoms with Crippen LogP contribution in [-0.4, -0.2) is 22.2 Å². The quantitative estimate of drug-likeness (QED) is 0.893. The van der Waals surface area contributed by atoms with Gasteiger partial charge in [-0.05, 0) is 52.7 Å². The van der Waals surface area contributed by atoms with Crippen molar-refractivity contribution < 1.29 is 4.74 Å². The molecule has 0 aliphatic carbocycles. The van der Waals surface area contributed by atoms with E-state index < -0.39 is 0 Å². The van der Waals surface area contributed by atoms with Gasteiger partial charge in [0.2, 0.25) is 0 Å². The molecule has 0 amide bonds. The summed E-state index contributed by atoms with van der Waals surface area (Å²) in [4.78, 5) is 4.32. The fourth-order valence-corrected chi connectivity index (χ4v) is 2.72. The van der Waals surface area contributed by atoms with Crippen LogP contribution in [0.4, 0.5) is 0 Å². The van der Waals surface area contributed by atoms with Crippen LogP contribution in [0.3, 0.4) is 0 Å². The van der Waals surface area contributed by atoms with Gasteiger partial charge in [0, 0.05) is 24.5 Å². The third-order valence-electron chi connectivity index (χ3n) is 3.60. The first kappa shape index (κ1) is 13.5. The molecule has 3 nitrogen and oxygen atoms in total. The fourth-order valence-electron chi connectivity index (χ4n) is 2.72. The largest absolute Gasteiger partial charge is 0.368 e. The normalized spacial score (nSPS) is 25.3.